The number of likely N-dealkylation sites (tertiary alicyclic amines) is 1. The number of fused-ring (bicyclic) bond motifs is 1. The second-order valence-electron chi connectivity index (χ2n) is 8.56. The molecule has 2 aromatic heterocycles. The van der Waals surface area contributed by atoms with Crippen LogP contribution in [0.2, 0.25) is 5.02 Å². The van der Waals surface area contributed by atoms with E-state index in [1.54, 1.807) is 35.2 Å². The van der Waals surface area contributed by atoms with E-state index in [0.717, 1.165) is 12.8 Å². The second kappa shape index (κ2) is 9.94. The van der Waals surface area contributed by atoms with Crippen molar-refractivity contribution in [2.75, 3.05) is 18.8 Å². The average Bonchev–Trinajstić information content (AvgIpc) is 3.29. The number of hydrogen-bond acceptors (Lipinski definition) is 6. The van der Waals surface area contributed by atoms with Gasteiger partial charge in [-0.3, -0.25) is 4.79 Å². The van der Waals surface area contributed by atoms with Crippen LogP contribution in [0.25, 0.3) is 22.3 Å². The molecular formula is C26H24ClFN6O2. The highest BCUT2D eigenvalue weighted by molar-refractivity contribution is 6.32. The summed E-state index contributed by atoms with van der Waals surface area (Å²) in [5.74, 6) is 0.270. The van der Waals surface area contributed by atoms with Gasteiger partial charge >= 0.3 is 0 Å². The Labute approximate surface area is 212 Å². The largest absolute Gasteiger partial charge is 0.487 e. The summed E-state index contributed by atoms with van der Waals surface area (Å²) in [7, 11) is 0. The topological polar surface area (TPSA) is 99.2 Å². The maximum atomic E-state index is 13.9. The van der Waals surface area contributed by atoms with E-state index in [1.165, 1.54) is 18.5 Å². The summed E-state index contributed by atoms with van der Waals surface area (Å²) < 4.78 is 21.5. The molecule has 1 amide bonds. The number of nitrogen functional groups attached to an aromatic ring is 1. The highest BCUT2D eigenvalue weighted by atomic mass is 35.5. The molecule has 1 saturated heterocycles. The number of piperidine rings is 1. The number of rotatable bonds is 6. The SMILES string of the molecule is C=CC(=O)N1CCC[C@@H](n2nc(-c3ccc(OCc4ccccc4F)c(Cl)c3)c3c(N)ncnc32)C1. The quantitative estimate of drug-likeness (QED) is 0.377. The van der Waals surface area contributed by atoms with Crippen LogP contribution in [0.1, 0.15) is 24.4 Å². The van der Waals surface area contributed by atoms with E-state index >= 15 is 0 Å². The molecule has 1 fully saturated rings. The number of ether oxygens (including phenoxy) is 1. The Hall–Kier alpha value is -3.98. The number of nitrogens with zero attached hydrogens (tertiary/aromatic N) is 5. The summed E-state index contributed by atoms with van der Waals surface area (Å²) in [6, 6.07) is 11.6. The maximum Gasteiger partial charge on any atom is 0.246 e. The molecule has 0 saturated carbocycles. The van der Waals surface area contributed by atoms with Crippen LogP contribution in [-0.2, 0) is 11.4 Å². The van der Waals surface area contributed by atoms with Gasteiger partial charge in [0.2, 0.25) is 5.91 Å². The lowest BCUT2D eigenvalue weighted by atomic mass is 10.1. The lowest BCUT2D eigenvalue weighted by Crippen LogP contribution is -2.40. The molecule has 0 radical (unpaired) electrons. The molecule has 1 atom stereocenters. The predicted octanol–water partition coefficient (Wildman–Crippen LogP) is 4.80. The monoisotopic (exact) mass is 506 g/mol. The summed E-state index contributed by atoms with van der Waals surface area (Å²) in [5, 5.41) is 5.82. The molecule has 10 heteroatoms. The standard InChI is InChI=1S/C26H24ClFN6O2/c1-2-22(35)33-11-5-7-18(13-33)34-26-23(25(29)30-15-31-26)24(32-34)16-9-10-21(19(27)12-16)36-14-17-6-3-4-8-20(17)28/h2-4,6,8-10,12,15,18H,1,5,7,11,13-14H2,(H2,29,30,31)/t18-/m1/s1. The third-order valence-corrected chi connectivity index (χ3v) is 6.59. The molecule has 0 unspecified atom stereocenters. The van der Waals surface area contributed by atoms with Crippen LogP contribution in [0.3, 0.4) is 0 Å². The number of carbonyl (C=O) groups is 1. The minimum atomic E-state index is -0.339. The minimum absolute atomic E-state index is 0.0473. The van der Waals surface area contributed by atoms with Gasteiger partial charge in [-0.15, -0.1) is 0 Å². The van der Waals surface area contributed by atoms with E-state index in [0.29, 0.717) is 57.5 Å². The Morgan fingerprint density at radius 3 is 2.89 bits per heavy atom. The van der Waals surface area contributed by atoms with E-state index < -0.39 is 0 Å². The summed E-state index contributed by atoms with van der Waals surface area (Å²) in [4.78, 5) is 22.6. The third-order valence-electron chi connectivity index (χ3n) is 6.29. The Morgan fingerprint density at radius 2 is 2.11 bits per heavy atom. The third kappa shape index (κ3) is 4.49. The molecule has 2 N–H and O–H groups in total. The first-order valence-corrected chi connectivity index (χ1v) is 11.9. The minimum Gasteiger partial charge on any atom is -0.487 e. The van der Waals surface area contributed by atoms with Crippen molar-refractivity contribution >= 4 is 34.4 Å². The second-order valence-corrected chi connectivity index (χ2v) is 8.97. The van der Waals surface area contributed by atoms with E-state index in [-0.39, 0.29) is 24.4 Å². The van der Waals surface area contributed by atoms with Gasteiger partial charge < -0.3 is 15.4 Å². The zero-order valence-electron chi connectivity index (χ0n) is 19.4. The van der Waals surface area contributed by atoms with Gasteiger partial charge in [-0.2, -0.15) is 5.10 Å². The number of carbonyl (C=O) groups excluding carboxylic acids is 1. The summed E-state index contributed by atoms with van der Waals surface area (Å²) in [6.45, 7) is 4.81. The fraction of sp³-hybridized carbons (Fsp3) is 0.231. The van der Waals surface area contributed by atoms with Crippen molar-refractivity contribution in [1.29, 1.82) is 0 Å². The van der Waals surface area contributed by atoms with Gasteiger partial charge in [-0.1, -0.05) is 36.4 Å². The Bertz CT molecular complexity index is 1460. The Balaban J connectivity index is 1.48. The number of halogens is 2. The van der Waals surface area contributed by atoms with Gasteiger partial charge in [-0.05, 0) is 43.2 Å². The number of nitrogens with two attached hydrogens (primary N) is 1. The molecule has 3 heterocycles. The number of hydrogen-bond donors (Lipinski definition) is 1. The van der Waals surface area contributed by atoms with Crippen LogP contribution in [0.4, 0.5) is 10.2 Å². The number of amides is 1. The van der Waals surface area contributed by atoms with Crippen molar-refractivity contribution in [1.82, 2.24) is 24.6 Å². The summed E-state index contributed by atoms with van der Waals surface area (Å²) >= 11 is 6.53. The summed E-state index contributed by atoms with van der Waals surface area (Å²) in [5.41, 5.74) is 8.56. The first-order valence-electron chi connectivity index (χ1n) is 11.5. The van der Waals surface area contributed by atoms with E-state index in [1.807, 2.05) is 10.7 Å². The molecule has 0 spiro atoms. The number of aromatic nitrogens is 4. The molecule has 36 heavy (non-hydrogen) atoms. The van der Waals surface area contributed by atoms with E-state index in [9.17, 15) is 9.18 Å². The predicted molar refractivity (Wildman–Crippen MR) is 136 cm³/mol. The van der Waals surface area contributed by atoms with Gasteiger partial charge in [0.1, 0.15) is 36.0 Å². The molecule has 1 aliphatic rings. The van der Waals surface area contributed by atoms with Gasteiger partial charge in [0.05, 0.1) is 16.5 Å². The van der Waals surface area contributed by atoms with Crippen molar-refractivity contribution < 1.29 is 13.9 Å². The van der Waals surface area contributed by atoms with Crippen LogP contribution >= 0.6 is 11.6 Å². The number of anilines is 1. The molecule has 4 aromatic rings. The lowest BCUT2D eigenvalue weighted by Gasteiger charge is -2.32. The fourth-order valence-electron chi connectivity index (χ4n) is 4.47. The van der Waals surface area contributed by atoms with Gasteiger partial charge in [0.15, 0.2) is 5.65 Å². The van der Waals surface area contributed by atoms with Crippen molar-refractivity contribution in [3.8, 4) is 17.0 Å². The maximum absolute atomic E-state index is 13.9. The van der Waals surface area contributed by atoms with Crippen LogP contribution in [-0.4, -0.2) is 43.6 Å². The molecule has 0 bridgehead atoms. The van der Waals surface area contributed by atoms with E-state index in [2.05, 4.69) is 16.5 Å². The fourth-order valence-corrected chi connectivity index (χ4v) is 4.71. The molecule has 0 aliphatic carbocycles. The Kier molecular flexibility index (Phi) is 6.56. The molecule has 184 valence electrons. The molecular weight excluding hydrogens is 483 g/mol. The van der Waals surface area contributed by atoms with Gasteiger partial charge in [0, 0.05) is 24.2 Å². The highest BCUT2D eigenvalue weighted by Gasteiger charge is 2.28. The van der Waals surface area contributed by atoms with Crippen molar-refractivity contribution in [2.24, 2.45) is 0 Å². The molecule has 2 aromatic carbocycles. The highest BCUT2D eigenvalue weighted by Crippen LogP contribution is 2.37. The van der Waals surface area contributed by atoms with Gasteiger partial charge in [-0.25, -0.2) is 19.0 Å². The van der Waals surface area contributed by atoms with Crippen LogP contribution in [0.5, 0.6) is 5.75 Å². The zero-order chi connectivity index (χ0) is 25.2. The summed E-state index contributed by atoms with van der Waals surface area (Å²) in [6.07, 6.45) is 4.40. The van der Waals surface area contributed by atoms with Crippen LogP contribution in [0.15, 0.2) is 61.4 Å². The van der Waals surface area contributed by atoms with Crippen LogP contribution in [0, 0.1) is 5.82 Å². The van der Waals surface area contributed by atoms with Crippen molar-refractivity contribution in [2.45, 2.75) is 25.5 Å². The lowest BCUT2D eigenvalue weighted by molar-refractivity contribution is -0.127. The smallest absolute Gasteiger partial charge is 0.246 e. The zero-order valence-corrected chi connectivity index (χ0v) is 20.2. The normalized spacial score (nSPS) is 15.7. The average molecular weight is 507 g/mol. The van der Waals surface area contributed by atoms with E-state index in [4.69, 9.17) is 27.2 Å². The van der Waals surface area contributed by atoms with Crippen LogP contribution < -0.4 is 10.5 Å². The van der Waals surface area contributed by atoms with Crippen molar-refractivity contribution in [3.05, 3.63) is 77.9 Å². The van der Waals surface area contributed by atoms with Crippen molar-refractivity contribution in [3.63, 3.8) is 0 Å². The number of benzene rings is 2. The first-order chi connectivity index (χ1) is 17.5. The Morgan fingerprint density at radius 1 is 1.28 bits per heavy atom. The molecule has 5 rings (SSSR count). The first kappa shape index (κ1) is 23.7. The van der Waals surface area contributed by atoms with Gasteiger partial charge in [0.25, 0.3) is 0 Å². The molecule has 1 aliphatic heterocycles. The molecule has 8 nitrogen and oxygen atoms in total.